The van der Waals surface area contributed by atoms with Gasteiger partial charge in [0.15, 0.2) is 0 Å². The zero-order valence-corrected chi connectivity index (χ0v) is 12.1. The molecule has 0 saturated heterocycles. The number of aryl methyl sites for hydroxylation is 1. The van der Waals surface area contributed by atoms with E-state index in [-0.39, 0.29) is 10.7 Å². The topological polar surface area (TPSA) is 80.9 Å². The molecule has 1 aromatic heterocycles. The standard InChI is InChI=1S/C12H11FN4OS2/c1-2-8-10(20-17-16-8)12(18)15-9-4-3-6(11(14)19)5-7(9)13/h3-5H,2H2,1H3,(H2,14,19)(H,15,18). The van der Waals surface area contributed by atoms with Crippen LogP contribution in [0.4, 0.5) is 10.1 Å². The van der Waals surface area contributed by atoms with Crippen molar-refractivity contribution in [3.8, 4) is 0 Å². The highest BCUT2D eigenvalue weighted by Gasteiger charge is 2.16. The molecule has 20 heavy (non-hydrogen) atoms. The van der Waals surface area contributed by atoms with Crippen molar-refractivity contribution >= 4 is 40.3 Å². The van der Waals surface area contributed by atoms with E-state index in [2.05, 4.69) is 14.9 Å². The number of anilines is 1. The molecule has 0 aliphatic carbocycles. The van der Waals surface area contributed by atoms with Crippen LogP contribution >= 0.6 is 23.8 Å². The number of halogens is 1. The van der Waals surface area contributed by atoms with Crippen LogP contribution in [-0.4, -0.2) is 20.5 Å². The molecule has 8 heteroatoms. The second kappa shape index (κ2) is 6.02. The summed E-state index contributed by atoms with van der Waals surface area (Å²) in [7, 11) is 0. The fourth-order valence-electron chi connectivity index (χ4n) is 1.56. The minimum absolute atomic E-state index is 0.0606. The molecule has 1 aromatic carbocycles. The number of benzene rings is 1. The summed E-state index contributed by atoms with van der Waals surface area (Å²) in [5, 5.41) is 6.32. The molecule has 0 aliphatic heterocycles. The highest BCUT2D eigenvalue weighted by molar-refractivity contribution is 7.80. The van der Waals surface area contributed by atoms with Gasteiger partial charge in [-0.2, -0.15) is 0 Å². The van der Waals surface area contributed by atoms with Crippen LogP contribution in [-0.2, 0) is 6.42 Å². The average molecular weight is 310 g/mol. The first kappa shape index (κ1) is 14.5. The van der Waals surface area contributed by atoms with Gasteiger partial charge in [-0.3, -0.25) is 4.79 Å². The van der Waals surface area contributed by atoms with E-state index in [1.165, 1.54) is 12.1 Å². The molecule has 0 fully saturated rings. The fraction of sp³-hybridized carbons (Fsp3) is 0.167. The number of nitrogens with one attached hydrogen (secondary N) is 1. The van der Waals surface area contributed by atoms with Crippen LogP contribution in [0.2, 0.25) is 0 Å². The molecular weight excluding hydrogens is 299 g/mol. The van der Waals surface area contributed by atoms with E-state index in [0.29, 0.717) is 22.6 Å². The van der Waals surface area contributed by atoms with Crippen molar-refractivity contribution in [2.45, 2.75) is 13.3 Å². The number of aromatic nitrogens is 2. The Morgan fingerprint density at radius 3 is 2.90 bits per heavy atom. The second-order valence-corrected chi connectivity index (χ2v) is 5.11. The molecule has 2 aromatic rings. The van der Waals surface area contributed by atoms with Gasteiger partial charge in [-0.25, -0.2) is 4.39 Å². The number of thiocarbonyl (C=S) groups is 1. The second-order valence-electron chi connectivity index (χ2n) is 3.92. The molecule has 3 N–H and O–H groups in total. The average Bonchev–Trinajstić information content (AvgIpc) is 2.89. The van der Waals surface area contributed by atoms with E-state index in [0.717, 1.165) is 11.5 Å². The van der Waals surface area contributed by atoms with Gasteiger partial charge in [-0.15, -0.1) is 5.10 Å². The molecule has 0 spiro atoms. The predicted molar refractivity (Wildman–Crippen MR) is 79.5 cm³/mol. The van der Waals surface area contributed by atoms with Crippen LogP contribution in [0.3, 0.4) is 0 Å². The van der Waals surface area contributed by atoms with Crippen molar-refractivity contribution < 1.29 is 9.18 Å². The number of nitrogens with zero attached hydrogens (tertiary/aromatic N) is 2. The first-order valence-electron chi connectivity index (χ1n) is 5.74. The van der Waals surface area contributed by atoms with Gasteiger partial charge in [0.05, 0.1) is 11.4 Å². The lowest BCUT2D eigenvalue weighted by atomic mass is 10.2. The maximum absolute atomic E-state index is 13.8. The van der Waals surface area contributed by atoms with Gasteiger partial charge in [-0.1, -0.05) is 23.6 Å². The molecule has 0 atom stereocenters. The lowest BCUT2D eigenvalue weighted by molar-refractivity contribution is 0.102. The zero-order chi connectivity index (χ0) is 14.7. The van der Waals surface area contributed by atoms with Gasteiger partial charge in [0.25, 0.3) is 5.91 Å². The Bertz CT molecular complexity index is 671. The highest BCUT2D eigenvalue weighted by Crippen LogP contribution is 2.19. The summed E-state index contributed by atoms with van der Waals surface area (Å²) in [5.74, 6) is -1.03. The van der Waals surface area contributed by atoms with Crippen molar-refractivity contribution in [2.24, 2.45) is 5.73 Å². The maximum atomic E-state index is 13.8. The molecule has 5 nitrogen and oxygen atoms in total. The van der Waals surface area contributed by atoms with E-state index in [9.17, 15) is 9.18 Å². The van der Waals surface area contributed by atoms with Crippen molar-refractivity contribution in [1.29, 1.82) is 0 Å². The van der Waals surface area contributed by atoms with Crippen molar-refractivity contribution in [1.82, 2.24) is 9.59 Å². The van der Waals surface area contributed by atoms with Gasteiger partial charge >= 0.3 is 0 Å². The summed E-state index contributed by atoms with van der Waals surface area (Å²) in [6, 6.07) is 4.15. The first-order chi connectivity index (χ1) is 9.52. The number of hydrogen-bond acceptors (Lipinski definition) is 5. The molecule has 0 aliphatic rings. The summed E-state index contributed by atoms with van der Waals surface area (Å²) in [5.41, 5.74) is 6.47. The first-order valence-corrected chi connectivity index (χ1v) is 6.93. The van der Waals surface area contributed by atoms with Gasteiger partial charge in [0, 0.05) is 5.56 Å². The predicted octanol–water partition coefficient (Wildman–Crippen LogP) is 2.13. The number of amides is 1. The van der Waals surface area contributed by atoms with Crippen molar-refractivity contribution in [3.63, 3.8) is 0 Å². The Morgan fingerprint density at radius 1 is 1.55 bits per heavy atom. The molecule has 0 bridgehead atoms. The summed E-state index contributed by atoms with van der Waals surface area (Å²) in [4.78, 5) is 12.5. The summed E-state index contributed by atoms with van der Waals surface area (Å²) in [6.07, 6.45) is 0.585. The Morgan fingerprint density at radius 2 is 2.30 bits per heavy atom. The van der Waals surface area contributed by atoms with Crippen molar-refractivity contribution in [3.05, 3.63) is 40.2 Å². The Hall–Kier alpha value is -1.93. The molecular formula is C12H11FN4OS2. The van der Waals surface area contributed by atoms with Crippen LogP contribution in [0.15, 0.2) is 18.2 Å². The summed E-state index contributed by atoms with van der Waals surface area (Å²) < 4.78 is 17.6. The lowest BCUT2D eigenvalue weighted by Crippen LogP contribution is -2.15. The van der Waals surface area contributed by atoms with Crippen LogP contribution in [0.5, 0.6) is 0 Å². The van der Waals surface area contributed by atoms with E-state index < -0.39 is 11.7 Å². The van der Waals surface area contributed by atoms with Gasteiger partial charge in [0.1, 0.15) is 15.7 Å². The molecule has 104 valence electrons. The Kier molecular flexibility index (Phi) is 4.35. The normalized spacial score (nSPS) is 10.3. The largest absolute Gasteiger partial charge is 0.389 e. The Balaban J connectivity index is 2.22. The van der Waals surface area contributed by atoms with E-state index in [1.54, 1.807) is 6.07 Å². The van der Waals surface area contributed by atoms with Crippen LogP contribution in [0, 0.1) is 5.82 Å². The van der Waals surface area contributed by atoms with Gasteiger partial charge in [0.2, 0.25) is 0 Å². The smallest absolute Gasteiger partial charge is 0.269 e. The molecule has 1 amide bonds. The lowest BCUT2D eigenvalue weighted by Gasteiger charge is -2.07. The fourth-order valence-corrected chi connectivity index (χ4v) is 2.33. The van der Waals surface area contributed by atoms with Crippen LogP contribution < -0.4 is 11.1 Å². The molecule has 0 unspecified atom stereocenters. The zero-order valence-electron chi connectivity index (χ0n) is 10.5. The number of carbonyl (C=O) groups is 1. The molecule has 2 rings (SSSR count). The maximum Gasteiger partial charge on any atom is 0.269 e. The minimum atomic E-state index is -0.598. The monoisotopic (exact) mass is 310 g/mol. The number of carbonyl (C=O) groups excluding carboxylic acids is 1. The van der Waals surface area contributed by atoms with Crippen molar-refractivity contribution in [2.75, 3.05) is 5.32 Å². The molecule has 0 saturated carbocycles. The third-order valence-electron chi connectivity index (χ3n) is 2.60. The summed E-state index contributed by atoms with van der Waals surface area (Å²) in [6.45, 7) is 1.87. The third kappa shape index (κ3) is 2.97. The highest BCUT2D eigenvalue weighted by atomic mass is 32.1. The number of nitrogens with two attached hydrogens (primary N) is 1. The Labute approximate surface area is 124 Å². The van der Waals surface area contributed by atoms with E-state index >= 15 is 0 Å². The van der Waals surface area contributed by atoms with E-state index in [4.69, 9.17) is 18.0 Å². The number of rotatable bonds is 4. The van der Waals surface area contributed by atoms with Gasteiger partial charge < -0.3 is 11.1 Å². The SMILES string of the molecule is CCc1nnsc1C(=O)Nc1ccc(C(N)=S)cc1F. The molecule has 1 heterocycles. The molecule has 0 radical (unpaired) electrons. The quantitative estimate of drug-likeness (QED) is 0.846. The van der Waals surface area contributed by atoms with Gasteiger partial charge in [-0.05, 0) is 36.2 Å². The summed E-state index contributed by atoms with van der Waals surface area (Å²) >= 11 is 5.74. The number of hydrogen-bond donors (Lipinski definition) is 2. The van der Waals surface area contributed by atoms with Crippen LogP contribution in [0.1, 0.15) is 27.9 Å². The van der Waals surface area contributed by atoms with Crippen LogP contribution in [0.25, 0.3) is 0 Å². The minimum Gasteiger partial charge on any atom is -0.389 e. The van der Waals surface area contributed by atoms with E-state index in [1.807, 2.05) is 6.92 Å². The third-order valence-corrected chi connectivity index (χ3v) is 3.60.